The van der Waals surface area contributed by atoms with Gasteiger partial charge in [-0.05, 0) is 31.4 Å². The van der Waals surface area contributed by atoms with Crippen LogP contribution in [0.1, 0.15) is 40.7 Å². The monoisotopic (exact) mass is 465 g/mol. The minimum absolute atomic E-state index is 0.00950. The molecule has 3 aromatic rings. The van der Waals surface area contributed by atoms with Crippen LogP contribution in [-0.2, 0) is 35.5 Å². The largest absolute Gasteiger partial charge is 0.461 e. The van der Waals surface area contributed by atoms with Gasteiger partial charge in [-0.2, -0.15) is 5.10 Å². The number of benzene rings is 1. The second-order valence-electron chi connectivity index (χ2n) is 7.69. The Balaban J connectivity index is 1.45. The predicted molar refractivity (Wildman–Crippen MR) is 125 cm³/mol. The van der Waals surface area contributed by atoms with Crippen LogP contribution >= 0.6 is 11.8 Å². The number of fused-ring (bicyclic) bond motifs is 1. The standard InChI is InChI=1S/C24H27N5O3S/c1-2-32-23(31)22-19-16-28(21(30)17-33-24-25-12-7-13-26-24)15-11-20(19)29(27-22)14-6-10-18-8-4-3-5-9-18/h3-5,7-9,12-13H,2,6,10-11,14-17H2,1H3. The Hall–Kier alpha value is -3.20. The maximum atomic E-state index is 12.8. The van der Waals surface area contributed by atoms with E-state index in [-0.39, 0.29) is 18.3 Å². The molecular weight excluding hydrogens is 438 g/mol. The molecule has 2 aromatic heterocycles. The van der Waals surface area contributed by atoms with E-state index in [1.165, 1.54) is 17.3 Å². The van der Waals surface area contributed by atoms with Crippen molar-refractivity contribution in [2.45, 2.75) is 44.4 Å². The summed E-state index contributed by atoms with van der Waals surface area (Å²) >= 11 is 1.31. The number of amides is 1. The zero-order valence-corrected chi connectivity index (χ0v) is 19.5. The Kier molecular flexibility index (Phi) is 7.72. The lowest BCUT2D eigenvalue weighted by atomic mass is 10.0. The summed E-state index contributed by atoms with van der Waals surface area (Å²) in [5, 5.41) is 5.18. The SMILES string of the molecule is CCOC(=O)c1nn(CCCc2ccccc2)c2c1CN(C(=O)CSc1ncccn1)CC2. The third-order valence-electron chi connectivity index (χ3n) is 5.50. The van der Waals surface area contributed by atoms with E-state index in [1.54, 1.807) is 30.3 Å². The molecule has 172 valence electrons. The molecule has 8 nitrogen and oxygen atoms in total. The molecule has 0 N–H and O–H groups in total. The fourth-order valence-corrected chi connectivity index (χ4v) is 4.61. The molecular formula is C24H27N5O3S. The van der Waals surface area contributed by atoms with Gasteiger partial charge in [0.15, 0.2) is 10.9 Å². The van der Waals surface area contributed by atoms with Gasteiger partial charge in [0.05, 0.1) is 12.4 Å². The molecule has 1 aliphatic rings. The van der Waals surface area contributed by atoms with E-state index in [2.05, 4.69) is 27.2 Å². The molecule has 1 amide bonds. The van der Waals surface area contributed by atoms with E-state index in [9.17, 15) is 9.59 Å². The van der Waals surface area contributed by atoms with Crippen molar-refractivity contribution in [2.24, 2.45) is 0 Å². The molecule has 33 heavy (non-hydrogen) atoms. The van der Waals surface area contributed by atoms with E-state index in [0.29, 0.717) is 36.9 Å². The lowest BCUT2D eigenvalue weighted by molar-refractivity contribution is -0.129. The predicted octanol–water partition coefficient (Wildman–Crippen LogP) is 3.16. The second-order valence-corrected chi connectivity index (χ2v) is 8.63. The van der Waals surface area contributed by atoms with Gasteiger partial charge in [0.25, 0.3) is 0 Å². The summed E-state index contributed by atoms with van der Waals surface area (Å²) in [6.45, 7) is 3.72. The Morgan fingerprint density at radius 3 is 2.67 bits per heavy atom. The van der Waals surface area contributed by atoms with Crippen molar-refractivity contribution in [1.82, 2.24) is 24.6 Å². The van der Waals surface area contributed by atoms with Gasteiger partial charge >= 0.3 is 5.97 Å². The first-order valence-corrected chi connectivity index (χ1v) is 12.1. The molecule has 0 aliphatic carbocycles. The summed E-state index contributed by atoms with van der Waals surface area (Å²) in [5.74, 6) is -0.194. The highest BCUT2D eigenvalue weighted by atomic mass is 32.2. The molecule has 0 radical (unpaired) electrons. The minimum Gasteiger partial charge on any atom is -0.461 e. The highest BCUT2D eigenvalue weighted by molar-refractivity contribution is 7.99. The summed E-state index contributed by atoms with van der Waals surface area (Å²) in [4.78, 5) is 35.5. The van der Waals surface area contributed by atoms with E-state index < -0.39 is 5.97 Å². The minimum atomic E-state index is -0.433. The Labute approximate surface area is 197 Å². The molecule has 1 aromatic carbocycles. The number of carbonyl (C=O) groups is 2. The van der Waals surface area contributed by atoms with Crippen molar-refractivity contribution in [3.63, 3.8) is 0 Å². The summed E-state index contributed by atoms with van der Waals surface area (Å²) in [6, 6.07) is 12.1. The quantitative estimate of drug-likeness (QED) is 0.272. The normalized spacial score (nSPS) is 12.9. The molecule has 9 heteroatoms. The number of thioether (sulfide) groups is 1. The Bertz CT molecular complexity index is 1090. The highest BCUT2D eigenvalue weighted by Gasteiger charge is 2.30. The number of nitrogens with zero attached hydrogens (tertiary/aromatic N) is 5. The van der Waals surface area contributed by atoms with Gasteiger partial charge < -0.3 is 9.64 Å². The van der Waals surface area contributed by atoms with Crippen molar-refractivity contribution in [1.29, 1.82) is 0 Å². The van der Waals surface area contributed by atoms with Crippen LogP contribution in [0.2, 0.25) is 0 Å². The lowest BCUT2D eigenvalue weighted by Crippen LogP contribution is -2.38. The maximum absolute atomic E-state index is 12.8. The van der Waals surface area contributed by atoms with Crippen LogP contribution < -0.4 is 0 Å². The molecule has 0 atom stereocenters. The van der Waals surface area contributed by atoms with E-state index in [4.69, 9.17) is 4.74 Å². The molecule has 0 unspecified atom stereocenters. The molecule has 0 saturated heterocycles. The van der Waals surface area contributed by atoms with Crippen molar-refractivity contribution in [3.05, 3.63) is 71.3 Å². The fraction of sp³-hybridized carbons (Fsp3) is 0.375. The van der Waals surface area contributed by atoms with Crippen LogP contribution in [-0.4, -0.2) is 55.4 Å². The second kappa shape index (κ2) is 11.1. The first-order chi connectivity index (χ1) is 16.2. The molecule has 0 saturated carbocycles. The average molecular weight is 466 g/mol. The fourth-order valence-electron chi connectivity index (χ4n) is 3.91. The van der Waals surface area contributed by atoms with Gasteiger partial charge in [0.1, 0.15) is 0 Å². The Morgan fingerprint density at radius 2 is 1.91 bits per heavy atom. The number of ether oxygens (including phenoxy) is 1. The first kappa shape index (κ1) is 23.0. The summed E-state index contributed by atoms with van der Waals surface area (Å²) in [5.41, 5.74) is 3.42. The zero-order valence-electron chi connectivity index (χ0n) is 18.6. The lowest BCUT2D eigenvalue weighted by Gasteiger charge is -2.27. The van der Waals surface area contributed by atoms with Crippen LogP contribution in [0.5, 0.6) is 0 Å². The molecule has 0 fully saturated rings. The molecule has 0 spiro atoms. The van der Waals surface area contributed by atoms with E-state index in [1.807, 2.05) is 22.9 Å². The first-order valence-electron chi connectivity index (χ1n) is 11.1. The topological polar surface area (TPSA) is 90.2 Å². The number of hydrogen-bond donors (Lipinski definition) is 0. The summed E-state index contributed by atoms with van der Waals surface area (Å²) in [6.07, 6.45) is 5.82. The Morgan fingerprint density at radius 1 is 1.12 bits per heavy atom. The van der Waals surface area contributed by atoms with Gasteiger partial charge in [0, 0.05) is 49.7 Å². The van der Waals surface area contributed by atoms with Gasteiger partial charge in [-0.1, -0.05) is 42.1 Å². The van der Waals surface area contributed by atoms with E-state index in [0.717, 1.165) is 24.1 Å². The van der Waals surface area contributed by atoms with Gasteiger partial charge in [-0.25, -0.2) is 14.8 Å². The van der Waals surface area contributed by atoms with Crippen molar-refractivity contribution in [2.75, 3.05) is 18.9 Å². The molecule has 4 rings (SSSR count). The summed E-state index contributed by atoms with van der Waals surface area (Å²) in [7, 11) is 0. The number of aryl methyl sites for hydroxylation is 2. The van der Waals surface area contributed by atoms with Gasteiger partial charge in [0.2, 0.25) is 5.91 Å². The average Bonchev–Trinajstić information content (AvgIpc) is 3.22. The van der Waals surface area contributed by atoms with Crippen LogP contribution in [0, 0.1) is 0 Å². The number of rotatable bonds is 9. The van der Waals surface area contributed by atoms with Gasteiger partial charge in [-0.15, -0.1) is 0 Å². The number of aromatic nitrogens is 4. The van der Waals surface area contributed by atoms with Crippen LogP contribution in [0.15, 0.2) is 53.9 Å². The van der Waals surface area contributed by atoms with Crippen LogP contribution in [0.4, 0.5) is 0 Å². The van der Waals surface area contributed by atoms with Crippen LogP contribution in [0.3, 0.4) is 0 Å². The van der Waals surface area contributed by atoms with E-state index >= 15 is 0 Å². The molecule has 3 heterocycles. The number of esters is 1. The van der Waals surface area contributed by atoms with Crippen LogP contribution in [0.25, 0.3) is 0 Å². The van der Waals surface area contributed by atoms with Crippen molar-refractivity contribution < 1.29 is 14.3 Å². The maximum Gasteiger partial charge on any atom is 0.359 e. The molecule has 0 bridgehead atoms. The third kappa shape index (κ3) is 5.78. The van der Waals surface area contributed by atoms with Crippen molar-refractivity contribution >= 4 is 23.6 Å². The summed E-state index contributed by atoms with van der Waals surface area (Å²) < 4.78 is 7.17. The van der Waals surface area contributed by atoms with Crippen molar-refractivity contribution in [3.8, 4) is 0 Å². The third-order valence-corrected chi connectivity index (χ3v) is 6.36. The van der Waals surface area contributed by atoms with Gasteiger partial charge in [-0.3, -0.25) is 9.48 Å². The zero-order chi connectivity index (χ0) is 23.0. The highest BCUT2D eigenvalue weighted by Crippen LogP contribution is 2.25. The number of carbonyl (C=O) groups excluding carboxylic acids is 2. The molecule has 1 aliphatic heterocycles. The number of hydrogen-bond acceptors (Lipinski definition) is 7. The smallest absolute Gasteiger partial charge is 0.359 e.